The molecule has 0 aromatic heterocycles. The van der Waals surface area contributed by atoms with E-state index in [4.69, 9.17) is 0 Å². The molecule has 1 heteroatoms. The molecule has 0 aliphatic heterocycles. The van der Waals surface area contributed by atoms with Gasteiger partial charge in [0.2, 0.25) is 0 Å². The summed E-state index contributed by atoms with van der Waals surface area (Å²) in [6, 6.07) is 5.11. The van der Waals surface area contributed by atoms with E-state index in [9.17, 15) is 0 Å². The van der Waals surface area contributed by atoms with Crippen molar-refractivity contribution in [3.63, 3.8) is 0 Å². The quantitative estimate of drug-likeness (QED) is 0.420. The third-order valence-electron chi connectivity index (χ3n) is 5.83. The van der Waals surface area contributed by atoms with Crippen molar-refractivity contribution in [2.24, 2.45) is 11.8 Å². The van der Waals surface area contributed by atoms with E-state index >= 15 is 0 Å². The molecule has 1 aromatic rings. The molecule has 28 heavy (non-hydrogen) atoms. The Hall–Kier alpha value is -0.248. The molecule has 0 nitrogen and oxygen atoms in total. The van der Waals surface area contributed by atoms with Crippen molar-refractivity contribution in [1.29, 1.82) is 0 Å². The molecular weight excluding hydrogens is 351 g/mol. The molecule has 1 aromatic carbocycles. The van der Waals surface area contributed by atoms with E-state index in [1.54, 1.807) is 16.7 Å². The van der Waals surface area contributed by atoms with Gasteiger partial charge in [-0.3, -0.25) is 0 Å². The van der Waals surface area contributed by atoms with Gasteiger partial charge in [-0.1, -0.05) is 135 Å². The lowest BCUT2D eigenvalue weighted by Crippen LogP contribution is -2.29. The van der Waals surface area contributed by atoms with Gasteiger partial charge >= 0.3 is 0 Å². The maximum absolute atomic E-state index is 2.56. The van der Waals surface area contributed by atoms with Crippen LogP contribution in [0.5, 0.6) is 0 Å². The molecule has 0 aliphatic carbocycles. The van der Waals surface area contributed by atoms with Crippen molar-refractivity contribution >= 4 is 14.1 Å². The number of rotatable bonds is 6. The smallest absolute Gasteiger partial charge is 0.0913 e. The Bertz CT molecular complexity index is 585. The summed E-state index contributed by atoms with van der Waals surface area (Å²) in [5, 5.41) is 4.29. The first-order chi connectivity index (χ1) is 12.4. The van der Waals surface area contributed by atoms with E-state index < -0.39 is 14.1 Å². The predicted molar refractivity (Wildman–Crippen MR) is 131 cm³/mol. The summed E-state index contributed by atoms with van der Waals surface area (Å²) >= 11 is -0.834. The van der Waals surface area contributed by atoms with Crippen LogP contribution in [0.15, 0.2) is 12.1 Å². The van der Waals surface area contributed by atoms with Crippen LogP contribution in [0, 0.1) is 11.8 Å². The highest BCUT2D eigenvalue weighted by Gasteiger charge is 2.31. The molecule has 0 aliphatic rings. The SMILES string of the molecule is CC(C)[CH2][Al]([CH2]c1c(C(C)(C)C)cc(C(C)(C)C)cc1C(C)(C)C)[CH2]C(C)C. The van der Waals surface area contributed by atoms with Gasteiger partial charge in [-0.05, 0) is 32.9 Å². The Kier molecular flexibility index (Phi) is 8.54. The first-order valence-corrected chi connectivity index (χ1v) is 14.1. The summed E-state index contributed by atoms with van der Waals surface area (Å²) < 4.78 is 0. The van der Waals surface area contributed by atoms with Crippen LogP contribution in [0.1, 0.15) is 112 Å². The molecule has 0 bridgehead atoms. The second-order valence-electron chi connectivity index (χ2n) is 13.1. The third kappa shape index (κ3) is 7.54. The fourth-order valence-corrected chi connectivity index (χ4v) is 8.76. The highest BCUT2D eigenvalue weighted by molar-refractivity contribution is 6.58. The second-order valence-corrected chi connectivity index (χ2v) is 16.2. The maximum Gasteiger partial charge on any atom is 0.267 e. The Balaban J connectivity index is 3.69. The Labute approximate surface area is 182 Å². The summed E-state index contributed by atoms with van der Waals surface area (Å²) in [6.07, 6.45) is 0. The zero-order chi connectivity index (χ0) is 22.1. The van der Waals surface area contributed by atoms with Crippen LogP contribution in [-0.2, 0) is 21.5 Å². The Morgan fingerprint density at radius 3 is 1.25 bits per heavy atom. The predicted octanol–water partition coefficient (Wildman–Crippen LogP) is 8.47. The molecule has 0 fully saturated rings. The van der Waals surface area contributed by atoms with E-state index in [1.807, 2.05) is 0 Å². The highest BCUT2D eigenvalue weighted by atomic mass is 27.2. The first kappa shape index (κ1) is 25.8. The average Bonchev–Trinajstić information content (AvgIpc) is 2.41. The molecule has 0 saturated heterocycles. The van der Waals surface area contributed by atoms with Crippen LogP contribution in [0.4, 0.5) is 0 Å². The van der Waals surface area contributed by atoms with Gasteiger partial charge < -0.3 is 0 Å². The van der Waals surface area contributed by atoms with Gasteiger partial charge in [0, 0.05) is 0 Å². The van der Waals surface area contributed by atoms with Crippen LogP contribution in [0.3, 0.4) is 0 Å². The van der Waals surface area contributed by atoms with E-state index in [2.05, 4.69) is 102 Å². The molecule has 0 atom stereocenters. The number of benzene rings is 1. The first-order valence-electron chi connectivity index (χ1n) is 11.6. The Morgan fingerprint density at radius 1 is 0.643 bits per heavy atom. The van der Waals surface area contributed by atoms with Gasteiger partial charge in [-0.2, -0.15) is 0 Å². The number of hydrogen-bond acceptors (Lipinski definition) is 0. The minimum Gasteiger partial charge on any atom is -0.0913 e. The minimum absolute atomic E-state index is 0.186. The summed E-state index contributed by atoms with van der Waals surface area (Å²) in [6.45, 7) is 31.2. The van der Waals surface area contributed by atoms with Crippen LogP contribution in [-0.4, -0.2) is 14.1 Å². The molecule has 0 heterocycles. The summed E-state index contributed by atoms with van der Waals surface area (Å²) in [4.78, 5) is 0. The maximum atomic E-state index is 2.56. The molecule has 0 radical (unpaired) electrons. The van der Waals surface area contributed by atoms with Gasteiger partial charge in [0.25, 0.3) is 14.1 Å². The summed E-state index contributed by atoms with van der Waals surface area (Å²) in [5.74, 6) is 1.64. The third-order valence-corrected chi connectivity index (χ3v) is 10.0. The van der Waals surface area contributed by atoms with Crippen LogP contribution >= 0.6 is 0 Å². The van der Waals surface area contributed by atoms with Crippen molar-refractivity contribution in [3.05, 3.63) is 34.4 Å². The van der Waals surface area contributed by atoms with E-state index in [0.717, 1.165) is 11.8 Å². The van der Waals surface area contributed by atoms with Crippen molar-refractivity contribution in [3.8, 4) is 0 Å². The van der Waals surface area contributed by atoms with Crippen molar-refractivity contribution < 1.29 is 0 Å². The lowest BCUT2D eigenvalue weighted by atomic mass is 9.72. The number of hydrogen-bond donors (Lipinski definition) is 0. The highest BCUT2D eigenvalue weighted by Crippen LogP contribution is 2.39. The van der Waals surface area contributed by atoms with Crippen molar-refractivity contribution in [1.82, 2.24) is 0 Å². The molecule has 0 N–H and O–H groups in total. The molecule has 0 unspecified atom stereocenters. The molecule has 0 saturated carbocycles. The average molecular weight is 401 g/mol. The van der Waals surface area contributed by atoms with Gasteiger partial charge in [-0.15, -0.1) is 0 Å². The normalized spacial score (nSPS) is 13.5. The van der Waals surface area contributed by atoms with Crippen molar-refractivity contribution in [2.75, 3.05) is 0 Å². The molecular formula is C27H49Al. The van der Waals surface area contributed by atoms with Crippen LogP contribution in [0.2, 0.25) is 10.6 Å². The molecule has 0 spiro atoms. The standard InChI is InChI=1S/C19H31.2C4H9.Al/c1-13-15(18(5,6)7)11-14(17(2,3)4)12-16(13)19(8,9)10;2*1-4(2)3;/h11-12H,1H2,2-10H3;2*4H,1H2,2-3H3;. The van der Waals surface area contributed by atoms with Crippen LogP contribution < -0.4 is 0 Å². The zero-order valence-corrected chi connectivity index (χ0v) is 22.7. The van der Waals surface area contributed by atoms with Crippen LogP contribution in [0.25, 0.3) is 0 Å². The minimum atomic E-state index is -0.834. The van der Waals surface area contributed by atoms with Gasteiger partial charge in [-0.25, -0.2) is 0 Å². The topological polar surface area (TPSA) is 0 Å². The van der Waals surface area contributed by atoms with Gasteiger partial charge in [0.1, 0.15) is 0 Å². The van der Waals surface area contributed by atoms with Crippen molar-refractivity contribution in [2.45, 2.75) is 122 Å². The van der Waals surface area contributed by atoms with Gasteiger partial charge in [0.15, 0.2) is 0 Å². The fraction of sp³-hybridized carbons (Fsp3) is 0.778. The molecule has 160 valence electrons. The van der Waals surface area contributed by atoms with E-state index in [-0.39, 0.29) is 16.2 Å². The second kappa shape index (κ2) is 9.27. The monoisotopic (exact) mass is 400 g/mol. The fourth-order valence-electron chi connectivity index (χ4n) is 4.55. The summed E-state index contributed by atoms with van der Waals surface area (Å²) in [7, 11) is 0. The Morgan fingerprint density at radius 2 is 1.00 bits per heavy atom. The lowest BCUT2D eigenvalue weighted by Gasteiger charge is -2.35. The molecule has 0 amide bonds. The van der Waals surface area contributed by atoms with Gasteiger partial charge in [0.05, 0.1) is 0 Å². The van der Waals surface area contributed by atoms with E-state index in [0.29, 0.717) is 0 Å². The largest absolute Gasteiger partial charge is 0.267 e. The summed E-state index contributed by atoms with van der Waals surface area (Å²) in [5.41, 5.74) is 6.97. The molecule has 1 rings (SSSR count). The zero-order valence-electron chi connectivity index (χ0n) is 21.5. The van der Waals surface area contributed by atoms with E-state index in [1.165, 1.54) is 21.4 Å². The lowest BCUT2D eigenvalue weighted by molar-refractivity contribution is 0.541.